The molecular weight excluding hydrogens is 385 g/mol. The zero-order chi connectivity index (χ0) is 17.5. The predicted octanol–water partition coefficient (Wildman–Crippen LogP) is 3.18. The molecule has 27 heavy (non-hydrogen) atoms. The lowest BCUT2D eigenvalue weighted by Gasteiger charge is -2.28. The number of amides is 1. The molecule has 2 fully saturated rings. The van der Waals surface area contributed by atoms with E-state index >= 15 is 0 Å². The van der Waals surface area contributed by atoms with E-state index in [0.717, 1.165) is 38.3 Å². The second-order valence-corrected chi connectivity index (χ2v) is 7.23. The zero-order valence-corrected chi connectivity index (χ0v) is 17.7. The summed E-state index contributed by atoms with van der Waals surface area (Å²) in [6, 6.07) is 8.52. The van der Waals surface area contributed by atoms with E-state index in [1.54, 1.807) is 7.11 Å². The molecule has 2 aliphatic heterocycles. The molecule has 0 aromatic heterocycles. The minimum atomic E-state index is 0. The molecule has 2 heterocycles. The molecule has 1 aromatic rings. The third kappa shape index (κ3) is 7.15. The van der Waals surface area contributed by atoms with Gasteiger partial charge in [-0.2, -0.15) is 0 Å². The maximum absolute atomic E-state index is 12.3. The fraction of sp³-hybridized carbons (Fsp3) is 0.650. The van der Waals surface area contributed by atoms with Gasteiger partial charge in [0.25, 0.3) is 0 Å². The van der Waals surface area contributed by atoms with E-state index in [-0.39, 0.29) is 36.8 Å². The van der Waals surface area contributed by atoms with Gasteiger partial charge in [-0.15, -0.1) is 24.8 Å². The monoisotopic (exact) mass is 417 g/mol. The van der Waals surface area contributed by atoms with E-state index in [1.165, 1.54) is 24.8 Å². The number of hydrogen-bond acceptors (Lipinski definition) is 4. The molecule has 2 N–H and O–H groups in total. The second-order valence-electron chi connectivity index (χ2n) is 7.23. The van der Waals surface area contributed by atoms with Crippen LogP contribution in [0.25, 0.3) is 0 Å². The van der Waals surface area contributed by atoms with Crippen LogP contribution in [0.5, 0.6) is 5.75 Å². The molecule has 0 spiro atoms. The maximum Gasteiger partial charge on any atom is 0.220 e. The number of halogens is 2. The lowest BCUT2D eigenvalue weighted by molar-refractivity contribution is -0.121. The molecule has 1 amide bonds. The number of nitrogens with zero attached hydrogens (tertiary/aromatic N) is 1. The summed E-state index contributed by atoms with van der Waals surface area (Å²) in [5.41, 5.74) is 1.25. The van der Waals surface area contributed by atoms with E-state index in [0.29, 0.717) is 18.9 Å². The van der Waals surface area contributed by atoms with Gasteiger partial charge in [-0.1, -0.05) is 12.1 Å². The molecule has 0 saturated carbocycles. The standard InChI is InChI=1S/C20H31N3O2.2ClH/c1-25-18-7-5-17(6-8-18)19(23-12-2-3-13-23)15-22-20(24)9-4-16-10-11-21-14-16;;/h5-8,16,19,21H,2-4,9-15H2,1H3,(H,22,24);2*1H. The first-order valence-electron chi connectivity index (χ1n) is 9.61. The van der Waals surface area contributed by atoms with Gasteiger partial charge in [0.05, 0.1) is 13.2 Å². The van der Waals surface area contributed by atoms with E-state index in [4.69, 9.17) is 4.74 Å². The average Bonchev–Trinajstić information content (AvgIpc) is 3.35. The molecular formula is C20H33Cl2N3O2. The second kappa shape index (κ2) is 12.4. The van der Waals surface area contributed by atoms with Gasteiger partial charge in [-0.25, -0.2) is 0 Å². The number of likely N-dealkylation sites (tertiary alicyclic amines) is 1. The van der Waals surface area contributed by atoms with Crippen LogP contribution >= 0.6 is 24.8 Å². The molecule has 0 aliphatic carbocycles. The van der Waals surface area contributed by atoms with Crippen LogP contribution in [0.4, 0.5) is 0 Å². The van der Waals surface area contributed by atoms with Gasteiger partial charge in [0, 0.05) is 13.0 Å². The molecule has 0 bridgehead atoms. The normalized spacial score (nSPS) is 20.4. The van der Waals surface area contributed by atoms with Crippen molar-refractivity contribution in [2.24, 2.45) is 5.92 Å². The Bertz CT molecular complexity index is 545. The van der Waals surface area contributed by atoms with Gasteiger partial charge in [0.2, 0.25) is 5.91 Å². The van der Waals surface area contributed by atoms with Crippen molar-refractivity contribution in [2.75, 3.05) is 39.8 Å². The van der Waals surface area contributed by atoms with Crippen LogP contribution in [-0.4, -0.2) is 50.6 Å². The first-order valence-corrected chi connectivity index (χ1v) is 9.61. The van der Waals surface area contributed by atoms with E-state index in [2.05, 4.69) is 27.7 Å². The van der Waals surface area contributed by atoms with Crippen molar-refractivity contribution in [1.82, 2.24) is 15.5 Å². The quantitative estimate of drug-likeness (QED) is 0.681. The molecule has 3 rings (SSSR count). The number of carbonyl (C=O) groups is 1. The topological polar surface area (TPSA) is 53.6 Å². The van der Waals surface area contributed by atoms with Gasteiger partial charge in [-0.05, 0) is 75.5 Å². The zero-order valence-electron chi connectivity index (χ0n) is 16.1. The molecule has 0 radical (unpaired) electrons. The molecule has 154 valence electrons. The van der Waals surface area contributed by atoms with E-state index in [1.807, 2.05) is 12.1 Å². The Kier molecular flexibility index (Phi) is 11.1. The summed E-state index contributed by atoms with van der Waals surface area (Å²) in [7, 11) is 1.69. The highest BCUT2D eigenvalue weighted by Crippen LogP contribution is 2.26. The highest BCUT2D eigenvalue weighted by molar-refractivity contribution is 5.85. The number of benzene rings is 1. The van der Waals surface area contributed by atoms with E-state index < -0.39 is 0 Å². The van der Waals surface area contributed by atoms with Crippen LogP contribution in [-0.2, 0) is 4.79 Å². The lowest BCUT2D eigenvalue weighted by Crippen LogP contribution is -2.36. The number of rotatable bonds is 8. The van der Waals surface area contributed by atoms with Crippen LogP contribution in [0.2, 0.25) is 0 Å². The maximum atomic E-state index is 12.3. The first-order chi connectivity index (χ1) is 12.3. The van der Waals surface area contributed by atoms with Crippen molar-refractivity contribution in [2.45, 2.75) is 38.1 Å². The summed E-state index contributed by atoms with van der Waals surface area (Å²) >= 11 is 0. The van der Waals surface area contributed by atoms with Crippen LogP contribution in [0.3, 0.4) is 0 Å². The van der Waals surface area contributed by atoms with Crippen LogP contribution in [0.1, 0.15) is 43.7 Å². The Morgan fingerprint density at radius 1 is 1.26 bits per heavy atom. The van der Waals surface area contributed by atoms with Gasteiger partial charge in [0.1, 0.15) is 5.75 Å². The molecule has 7 heteroatoms. The summed E-state index contributed by atoms with van der Waals surface area (Å²) < 4.78 is 5.26. The first kappa shape index (κ1) is 24.0. The Balaban J connectivity index is 0.00000182. The fourth-order valence-corrected chi connectivity index (χ4v) is 3.93. The Morgan fingerprint density at radius 2 is 1.96 bits per heavy atom. The van der Waals surface area contributed by atoms with Crippen LogP contribution < -0.4 is 15.4 Å². The summed E-state index contributed by atoms with van der Waals surface area (Å²) in [5, 5.41) is 6.54. The summed E-state index contributed by atoms with van der Waals surface area (Å²) in [4.78, 5) is 14.8. The minimum absolute atomic E-state index is 0. The van der Waals surface area contributed by atoms with Crippen LogP contribution in [0.15, 0.2) is 24.3 Å². The van der Waals surface area contributed by atoms with Crippen molar-refractivity contribution in [1.29, 1.82) is 0 Å². The van der Waals surface area contributed by atoms with Crippen molar-refractivity contribution in [3.8, 4) is 5.75 Å². The van der Waals surface area contributed by atoms with Crippen molar-refractivity contribution in [3.63, 3.8) is 0 Å². The third-order valence-corrected chi connectivity index (χ3v) is 5.52. The predicted molar refractivity (Wildman–Crippen MR) is 114 cm³/mol. The molecule has 2 saturated heterocycles. The number of nitrogens with one attached hydrogen (secondary N) is 2. The summed E-state index contributed by atoms with van der Waals surface area (Å²) in [5.74, 6) is 1.73. The SMILES string of the molecule is COc1ccc(C(CNC(=O)CCC2CCNC2)N2CCCC2)cc1.Cl.Cl. The minimum Gasteiger partial charge on any atom is -0.497 e. The molecule has 2 aliphatic rings. The van der Waals surface area contributed by atoms with Crippen LogP contribution in [0, 0.1) is 5.92 Å². The Hall–Kier alpha value is -1.01. The highest BCUT2D eigenvalue weighted by atomic mass is 35.5. The number of methoxy groups -OCH3 is 1. The summed E-state index contributed by atoms with van der Waals surface area (Å²) in [6.45, 7) is 5.07. The van der Waals surface area contributed by atoms with E-state index in [9.17, 15) is 4.79 Å². The van der Waals surface area contributed by atoms with Crippen molar-refractivity contribution < 1.29 is 9.53 Å². The smallest absolute Gasteiger partial charge is 0.220 e. The Labute approximate surface area is 175 Å². The molecule has 2 unspecified atom stereocenters. The number of carbonyl (C=O) groups excluding carboxylic acids is 1. The van der Waals surface area contributed by atoms with Crippen molar-refractivity contribution >= 4 is 30.7 Å². The largest absolute Gasteiger partial charge is 0.497 e. The lowest BCUT2D eigenvalue weighted by atomic mass is 10.0. The molecule has 1 aromatic carbocycles. The van der Waals surface area contributed by atoms with Gasteiger partial charge in [-0.3, -0.25) is 9.69 Å². The van der Waals surface area contributed by atoms with Gasteiger partial charge >= 0.3 is 0 Å². The number of hydrogen-bond donors (Lipinski definition) is 2. The van der Waals surface area contributed by atoms with Crippen molar-refractivity contribution in [3.05, 3.63) is 29.8 Å². The fourth-order valence-electron chi connectivity index (χ4n) is 3.93. The molecule has 2 atom stereocenters. The summed E-state index contributed by atoms with van der Waals surface area (Å²) in [6.07, 6.45) is 5.33. The highest BCUT2D eigenvalue weighted by Gasteiger charge is 2.24. The number of ether oxygens (including phenoxy) is 1. The van der Waals surface area contributed by atoms with Gasteiger partial charge < -0.3 is 15.4 Å². The molecule has 5 nitrogen and oxygen atoms in total. The average molecular weight is 418 g/mol. The van der Waals surface area contributed by atoms with Gasteiger partial charge in [0.15, 0.2) is 0 Å². The third-order valence-electron chi connectivity index (χ3n) is 5.52. The Morgan fingerprint density at radius 3 is 2.56 bits per heavy atom.